The SMILES string of the molecule is COc1cc2ncnc(Nc3ccc(F)c(Cl)c3)c2cc1OCCNc1ccc(/C=C/C(=O)NO)cc1. The van der Waals surface area contributed by atoms with Crippen LogP contribution in [-0.2, 0) is 4.79 Å². The molecule has 0 atom stereocenters. The molecular formula is C26H23ClFN5O4. The zero-order chi connectivity index (χ0) is 26.2. The predicted molar refractivity (Wildman–Crippen MR) is 140 cm³/mol. The van der Waals surface area contributed by atoms with E-state index in [-0.39, 0.29) is 5.02 Å². The lowest BCUT2D eigenvalue weighted by molar-refractivity contribution is -0.124. The van der Waals surface area contributed by atoms with Crippen LogP contribution in [0.4, 0.5) is 21.6 Å². The van der Waals surface area contributed by atoms with Gasteiger partial charge in [0.05, 0.1) is 17.6 Å². The van der Waals surface area contributed by atoms with Crippen LogP contribution in [0.15, 0.2) is 67.0 Å². The number of anilines is 3. The molecule has 11 heteroatoms. The molecule has 1 heterocycles. The summed E-state index contributed by atoms with van der Waals surface area (Å²) < 4.78 is 25.0. The first-order valence-corrected chi connectivity index (χ1v) is 11.5. The molecule has 3 aromatic carbocycles. The van der Waals surface area contributed by atoms with Crippen molar-refractivity contribution in [3.05, 3.63) is 83.4 Å². The number of carbonyl (C=O) groups is 1. The Bertz CT molecular complexity index is 1430. The molecule has 0 spiro atoms. The van der Waals surface area contributed by atoms with Gasteiger partial charge in [-0.05, 0) is 48.0 Å². The number of amides is 1. The number of methoxy groups -OCH3 is 1. The van der Waals surface area contributed by atoms with Gasteiger partial charge in [-0.1, -0.05) is 23.7 Å². The number of ether oxygens (including phenoxy) is 2. The minimum atomic E-state index is -0.599. The molecule has 1 amide bonds. The Balaban J connectivity index is 1.43. The van der Waals surface area contributed by atoms with Gasteiger partial charge < -0.3 is 20.1 Å². The van der Waals surface area contributed by atoms with E-state index in [9.17, 15) is 9.18 Å². The van der Waals surface area contributed by atoms with Crippen LogP contribution in [0.25, 0.3) is 17.0 Å². The van der Waals surface area contributed by atoms with Gasteiger partial charge in [-0.25, -0.2) is 19.8 Å². The lowest BCUT2D eigenvalue weighted by atomic mass is 10.2. The zero-order valence-corrected chi connectivity index (χ0v) is 20.4. The predicted octanol–water partition coefficient (Wildman–Crippen LogP) is 5.18. The Morgan fingerprint density at radius 1 is 1.08 bits per heavy atom. The van der Waals surface area contributed by atoms with Crippen molar-refractivity contribution in [1.82, 2.24) is 15.4 Å². The Hall–Kier alpha value is -4.41. The standard InChI is InChI=1S/C26H23ClFN5O4/c1-36-23-14-22-19(26(31-15-30-22)32-18-7-8-21(28)20(27)12-18)13-24(23)37-11-10-29-17-5-2-16(3-6-17)4-9-25(34)33-35/h2-9,12-15,29,35H,10-11H2,1H3,(H,33,34)(H,30,31,32)/b9-4+. The summed E-state index contributed by atoms with van der Waals surface area (Å²) in [6, 6.07) is 15.3. The molecule has 4 N–H and O–H groups in total. The quantitative estimate of drug-likeness (QED) is 0.0971. The summed E-state index contributed by atoms with van der Waals surface area (Å²) in [5, 5.41) is 15.6. The van der Waals surface area contributed by atoms with Crippen molar-refractivity contribution in [1.29, 1.82) is 0 Å². The molecule has 1 aromatic heterocycles. The number of nitrogens with zero attached hydrogens (tertiary/aromatic N) is 2. The van der Waals surface area contributed by atoms with Crippen molar-refractivity contribution < 1.29 is 23.9 Å². The zero-order valence-electron chi connectivity index (χ0n) is 19.7. The van der Waals surface area contributed by atoms with E-state index in [0.29, 0.717) is 47.1 Å². The number of hydroxylamine groups is 1. The molecule has 0 fully saturated rings. The molecule has 0 bridgehead atoms. The highest BCUT2D eigenvalue weighted by molar-refractivity contribution is 6.31. The minimum Gasteiger partial charge on any atom is -0.493 e. The number of benzene rings is 3. The number of hydrogen-bond acceptors (Lipinski definition) is 8. The second kappa shape index (κ2) is 12.0. The maximum atomic E-state index is 13.5. The molecule has 0 unspecified atom stereocenters. The maximum absolute atomic E-state index is 13.5. The minimum absolute atomic E-state index is 0.00163. The second-order valence-electron chi connectivity index (χ2n) is 7.70. The normalized spacial score (nSPS) is 10.9. The molecule has 0 aliphatic carbocycles. The Morgan fingerprint density at radius 3 is 2.59 bits per heavy atom. The fourth-order valence-electron chi connectivity index (χ4n) is 3.42. The lowest BCUT2D eigenvalue weighted by Crippen LogP contribution is -2.14. The van der Waals surface area contributed by atoms with E-state index in [2.05, 4.69) is 20.6 Å². The Kier molecular flexibility index (Phi) is 8.34. The number of aromatic nitrogens is 2. The monoisotopic (exact) mass is 523 g/mol. The largest absolute Gasteiger partial charge is 0.493 e. The van der Waals surface area contributed by atoms with Crippen LogP contribution in [0.2, 0.25) is 5.02 Å². The third-order valence-electron chi connectivity index (χ3n) is 5.24. The van der Waals surface area contributed by atoms with Crippen LogP contribution in [0, 0.1) is 5.82 Å². The molecular weight excluding hydrogens is 501 g/mol. The van der Waals surface area contributed by atoms with E-state index < -0.39 is 11.7 Å². The Morgan fingerprint density at radius 2 is 1.86 bits per heavy atom. The first-order chi connectivity index (χ1) is 18.0. The van der Waals surface area contributed by atoms with Gasteiger partial charge in [-0.2, -0.15) is 0 Å². The van der Waals surface area contributed by atoms with Crippen molar-refractivity contribution >= 4 is 51.7 Å². The third kappa shape index (κ3) is 6.63. The summed E-state index contributed by atoms with van der Waals surface area (Å²) >= 11 is 5.90. The third-order valence-corrected chi connectivity index (χ3v) is 5.53. The number of carbonyl (C=O) groups excluding carboxylic acids is 1. The molecule has 37 heavy (non-hydrogen) atoms. The van der Waals surface area contributed by atoms with Gasteiger partial charge in [-0.15, -0.1) is 0 Å². The summed E-state index contributed by atoms with van der Waals surface area (Å²) in [6.45, 7) is 0.845. The van der Waals surface area contributed by atoms with Crippen LogP contribution in [0.1, 0.15) is 5.56 Å². The Labute approximate surface area is 216 Å². The number of nitrogens with one attached hydrogen (secondary N) is 3. The van der Waals surface area contributed by atoms with Crippen molar-refractivity contribution in [2.24, 2.45) is 0 Å². The highest BCUT2D eigenvalue weighted by Gasteiger charge is 2.12. The number of rotatable bonds is 10. The molecule has 4 rings (SSSR count). The number of halogens is 2. The molecule has 0 saturated carbocycles. The summed E-state index contributed by atoms with van der Waals surface area (Å²) in [7, 11) is 1.55. The molecule has 0 radical (unpaired) electrons. The fraction of sp³-hybridized carbons (Fsp3) is 0.115. The van der Waals surface area contributed by atoms with Crippen LogP contribution in [0.5, 0.6) is 11.5 Å². The fourth-order valence-corrected chi connectivity index (χ4v) is 3.60. The summed E-state index contributed by atoms with van der Waals surface area (Å²) in [5.41, 5.74) is 4.43. The van der Waals surface area contributed by atoms with Gasteiger partial charge in [0.15, 0.2) is 11.5 Å². The van der Waals surface area contributed by atoms with Gasteiger partial charge >= 0.3 is 0 Å². The van der Waals surface area contributed by atoms with E-state index >= 15 is 0 Å². The molecule has 4 aromatic rings. The average Bonchev–Trinajstić information content (AvgIpc) is 2.92. The molecule has 0 aliphatic rings. The van der Waals surface area contributed by atoms with Crippen molar-refractivity contribution in [3.8, 4) is 11.5 Å². The van der Waals surface area contributed by atoms with Crippen LogP contribution >= 0.6 is 11.6 Å². The van der Waals surface area contributed by atoms with Crippen molar-refractivity contribution in [2.75, 3.05) is 30.9 Å². The van der Waals surface area contributed by atoms with Gasteiger partial charge in [0, 0.05) is 35.4 Å². The lowest BCUT2D eigenvalue weighted by Gasteiger charge is -2.14. The first-order valence-electron chi connectivity index (χ1n) is 11.1. The maximum Gasteiger partial charge on any atom is 0.267 e. The van der Waals surface area contributed by atoms with Gasteiger partial charge in [-0.3, -0.25) is 10.0 Å². The molecule has 9 nitrogen and oxygen atoms in total. The first kappa shape index (κ1) is 25.7. The van der Waals surface area contributed by atoms with E-state index in [1.807, 2.05) is 24.3 Å². The molecule has 0 aliphatic heterocycles. The number of fused-ring (bicyclic) bond motifs is 1. The summed E-state index contributed by atoms with van der Waals surface area (Å²) in [5.74, 6) is 0.426. The topological polar surface area (TPSA) is 118 Å². The molecule has 190 valence electrons. The van der Waals surface area contributed by atoms with Crippen LogP contribution < -0.4 is 25.6 Å². The van der Waals surface area contributed by atoms with E-state index in [0.717, 1.165) is 11.3 Å². The van der Waals surface area contributed by atoms with E-state index in [1.54, 1.807) is 36.9 Å². The average molecular weight is 524 g/mol. The van der Waals surface area contributed by atoms with Crippen molar-refractivity contribution in [2.45, 2.75) is 0 Å². The van der Waals surface area contributed by atoms with E-state index in [4.69, 9.17) is 26.3 Å². The van der Waals surface area contributed by atoms with Crippen molar-refractivity contribution in [3.63, 3.8) is 0 Å². The second-order valence-corrected chi connectivity index (χ2v) is 8.11. The van der Waals surface area contributed by atoms with Gasteiger partial charge in [0.2, 0.25) is 0 Å². The smallest absolute Gasteiger partial charge is 0.267 e. The van der Waals surface area contributed by atoms with Crippen LogP contribution in [-0.4, -0.2) is 41.3 Å². The highest BCUT2D eigenvalue weighted by Crippen LogP contribution is 2.35. The summed E-state index contributed by atoms with van der Waals surface area (Å²) in [6.07, 6.45) is 4.23. The van der Waals surface area contributed by atoms with Gasteiger partial charge in [0.25, 0.3) is 5.91 Å². The number of hydrogen-bond donors (Lipinski definition) is 4. The van der Waals surface area contributed by atoms with E-state index in [1.165, 1.54) is 24.5 Å². The summed E-state index contributed by atoms with van der Waals surface area (Å²) in [4.78, 5) is 19.7. The highest BCUT2D eigenvalue weighted by atomic mass is 35.5. The molecule has 0 saturated heterocycles. The van der Waals surface area contributed by atoms with Crippen LogP contribution in [0.3, 0.4) is 0 Å². The van der Waals surface area contributed by atoms with Gasteiger partial charge in [0.1, 0.15) is 24.6 Å².